The van der Waals surface area contributed by atoms with Gasteiger partial charge in [-0.1, -0.05) is 49.2 Å². The first-order valence-electron chi connectivity index (χ1n) is 12.6. The van der Waals surface area contributed by atoms with Crippen LogP contribution in [0.5, 0.6) is 0 Å². The van der Waals surface area contributed by atoms with Crippen molar-refractivity contribution in [1.82, 2.24) is 20.1 Å². The summed E-state index contributed by atoms with van der Waals surface area (Å²) in [4.78, 5) is 22.5. The van der Waals surface area contributed by atoms with Crippen molar-refractivity contribution >= 4 is 34.9 Å². The molecule has 1 N–H and O–H groups in total. The molecule has 2 aliphatic heterocycles. The fourth-order valence-corrected chi connectivity index (χ4v) is 6.14. The summed E-state index contributed by atoms with van der Waals surface area (Å²) in [5, 5.41) is 30.2. The van der Waals surface area contributed by atoms with Crippen molar-refractivity contribution in [3.63, 3.8) is 0 Å². The summed E-state index contributed by atoms with van der Waals surface area (Å²) in [5.74, 6) is -0.304. The number of likely N-dealkylation sites (tertiary alicyclic amines) is 1. The third-order valence-electron chi connectivity index (χ3n) is 7.97. The molecule has 3 aromatic rings. The Kier molecular flexibility index (Phi) is 7.28. The number of aromatic nitrogens is 3. The van der Waals surface area contributed by atoms with Crippen LogP contribution in [0.25, 0.3) is 0 Å². The molecule has 196 valence electrons. The molecule has 0 unspecified atom stereocenters. The van der Waals surface area contributed by atoms with Gasteiger partial charge < -0.3 is 14.9 Å². The first-order valence-corrected chi connectivity index (χ1v) is 13.3. The predicted molar refractivity (Wildman–Crippen MR) is 145 cm³/mol. The van der Waals surface area contributed by atoms with Crippen LogP contribution in [-0.4, -0.2) is 57.3 Å². The van der Waals surface area contributed by atoms with Gasteiger partial charge in [0.1, 0.15) is 6.07 Å². The number of benzene rings is 1. The zero-order valence-electron chi connectivity index (χ0n) is 21.1. The summed E-state index contributed by atoms with van der Waals surface area (Å²) < 4.78 is 0. The summed E-state index contributed by atoms with van der Waals surface area (Å²) >= 11 is 12.2. The Morgan fingerprint density at radius 2 is 1.66 bits per heavy atom. The second-order valence-corrected chi connectivity index (χ2v) is 11.2. The van der Waals surface area contributed by atoms with Gasteiger partial charge in [0.2, 0.25) is 5.91 Å². The minimum atomic E-state index is -1.07. The van der Waals surface area contributed by atoms with E-state index in [0.29, 0.717) is 42.0 Å². The van der Waals surface area contributed by atoms with Crippen LogP contribution in [0.2, 0.25) is 10.0 Å². The van der Waals surface area contributed by atoms with Crippen LogP contribution in [0.15, 0.2) is 54.7 Å². The van der Waals surface area contributed by atoms with E-state index in [4.69, 9.17) is 28.5 Å². The fraction of sp³-hybridized carbons (Fsp3) is 0.393. The molecule has 1 aromatic carbocycles. The van der Waals surface area contributed by atoms with E-state index in [-0.39, 0.29) is 35.3 Å². The molecule has 0 radical (unpaired) electrons. The van der Waals surface area contributed by atoms with Crippen LogP contribution >= 0.6 is 23.2 Å². The van der Waals surface area contributed by atoms with E-state index in [9.17, 15) is 9.90 Å². The van der Waals surface area contributed by atoms with Gasteiger partial charge in [0.25, 0.3) is 0 Å². The lowest BCUT2D eigenvalue weighted by Gasteiger charge is -2.48. The number of rotatable bonds is 4. The molecule has 0 spiro atoms. The lowest BCUT2D eigenvalue weighted by Crippen LogP contribution is -2.57. The lowest BCUT2D eigenvalue weighted by molar-refractivity contribution is -0.152. The number of hydrogen-bond acceptors (Lipinski definition) is 7. The smallest absolute Gasteiger partial charge is 0.228 e. The minimum Gasteiger partial charge on any atom is -0.384 e. The Morgan fingerprint density at radius 1 is 0.974 bits per heavy atom. The number of hydrogen-bond donors (Lipinski definition) is 1. The van der Waals surface area contributed by atoms with Crippen LogP contribution in [0.3, 0.4) is 0 Å². The third-order valence-corrected chi connectivity index (χ3v) is 8.44. The van der Waals surface area contributed by atoms with E-state index in [0.717, 1.165) is 11.3 Å². The van der Waals surface area contributed by atoms with E-state index in [1.807, 2.05) is 47.9 Å². The third kappa shape index (κ3) is 4.82. The summed E-state index contributed by atoms with van der Waals surface area (Å²) in [5.41, 5.74) is 0.760. The molecule has 10 heteroatoms. The maximum Gasteiger partial charge on any atom is 0.228 e. The molecule has 2 aliphatic rings. The number of amides is 1. The Balaban J connectivity index is 1.40. The van der Waals surface area contributed by atoms with Crippen molar-refractivity contribution in [2.24, 2.45) is 17.8 Å². The van der Waals surface area contributed by atoms with Crippen molar-refractivity contribution < 1.29 is 9.90 Å². The Labute approximate surface area is 231 Å². The highest BCUT2D eigenvalue weighted by molar-refractivity contribution is 6.30. The van der Waals surface area contributed by atoms with Gasteiger partial charge in [-0.25, -0.2) is 0 Å². The summed E-state index contributed by atoms with van der Waals surface area (Å²) in [7, 11) is 0. The molecule has 5 rings (SSSR count). The largest absolute Gasteiger partial charge is 0.384 e. The average Bonchev–Trinajstić information content (AvgIpc) is 3.37. The Bertz CT molecular complexity index is 1330. The van der Waals surface area contributed by atoms with Crippen LogP contribution in [-0.2, 0) is 10.4 Å². The van der Waals surface area contributed by atoms with Crippen LogP contribution in [0, 0.1) is 29.1 Å². The molecular formula is C28H28Cl2N6O2. The number of carbonyl (C=O) groups is 1. The topological polar surface area (TPSA) is 106 Å². The molecule has 8 nitrogen and oxygen atoms in total. The minimum absolute atomic E-state index is 0.0210. The van der Waals surface area contributed by atoms with E-state index in [2.05, 4.69) is 15.2 Å². The van der Waals surface area contributed by atoms with Crippen LogP contribution < -0.4 is 4.90 Å². The van der Waals surface area contributed by atoms with Crippen molar-refractivity contribution in [1.29, 1.82) is 5.26 Å². The van der Waals surface area contributed by atoms with Gasteiger partial charge in [0, 0.05) is 60.8 Å². The second kappa shape index (κ2) is 10.5. The first-order chi connectivity index (χ1) is 18.2. The monoisotopic (exact) mass is 550 g/mol. The van der Waals surface area contributed by atoms with E-state index in [1.54, 1.807) is 36.5 Å². The van der Waals surface area contributed by atoms with Gasteiger partial charge in [-0.05, 0) is 42.0 Å². The zero-order chi connectivity index (χ0) is 27.0. The number of halogens is 2. The van der Waals surface area contributed by atoms with Crippen molar-refractivity contribution in [3.05, 3.63) is 81.7 Å². The highest BCUT2D eigenvalue weighted by Gasteiger charge is 2.49. The average molecular weight is 551 g/mol. The van der Waals surface area contributed by atoms with Gasteiger partial charge in [-0.15, -0.1) is 10.2 Å². The summed E-state index contributed by atoms with van der Waals surface area (Å²) in [6, 6.07) is 16.3. The SMILES string of the molecule is C[C@H]1CN(C(=O)[C@@H]2CN(c3ccc(C#N)nn3)C[C@H]2c2ccc(Cl)cn2)C[C@H](C)C1(O)c1ccc(Cl)cc1. The van der Waals surface area contributed by atoms with Gasteiger partial charge in [0.15, 0.2) is 11.5 Å². The fourth-order valence-electron chi connectivity index (χ4n) is 5.90. The van der Waals surface area contributed by atoms with Crippen LogP contribution in [0.1, 0.15) is 36.7 Å². The molecule has 1 amide bonds. The number of nitriles is 1. The van der Waals surface area contributed by atoms with Crippen molar-refractivity contribution in [2.75, 3.05) is 31.1 Å². The molecular weight excluding hydrogens is 523 g/mol. The zero-order valence-corrected chi connectivity index (χ0v) is 22.6. The molecule has 0 bridgehead atoms. The number of carbonyl (C=O) groups excluding carboxylic acids is 1. The standard InChI is InChI=1S/C28H28Cl2N6O2/c1-17-13-36(14-18(2)28(17,38)19-3-5-20(29)6-4-19)27(37)24-16-35(26-10-8-22(11-31)33-34-26)15-23(24)25-9-7-21(30)12-32-25/h3-10,12,17-18,23-24,38H,13-16H2,1-2H3/t17-,18-,23+,24+/m0/s1. The highest BCUT2D eigenvalue weighted by Crippen LogP contribution is 2.43. The second-order valence-electron chi connectivity index (χ2n) is 10.3. The summed E-state index contributed by atoms with van der Waals surface area (Å²) in [6.45, 7) is 5.78. The Hall–Kier alpha value is -3.25. The normalized spacial score (nSPS) is 24.7. The van der Waals surface area contributed by atoms with E-state index >= 15 is 0 Å². The molecule has 2 saturated heterocycles. The van der Waals surface area contributed by atoms with E-state index in [1.165, 1.54) is 0 Å². The molecule has 4 atom stereocenters. The maximum absolute atomic E-state index is 14.1. The quantitative estimate of drug-likeness (QED) is 0.516. The van der Waals surface area contributed by atoms with Gasteiger partial charge in [-0.2, -0.15) is 5.26 Å². The maximum atomic E-state index is 14.1. The molecule has 2 fully saturated rings. The molecule has 0 saturated carbocycles. The number of nitrogens with zero attached hydrogens (tertiary/aromatic N) is 6. The number of anilines is 1. The van der Waals surface area contributed by atoms with Gasteiger partial charge in [0.05, 0.1) is 16.5 Å². The van der Waals surface area contributed by atoms with Crippen molar-refractivity contribution in [3.8, 4) is 6.07 Å². The lowest BCUT2D eigenvalue weighted by atomic mass is 9.70. The summed E-state index contributed by atoms with van der Waals surface area (Å²) in [6.07, 6.45) is 1.60. The molecule has 38 heavy (non-hydrogen) atoms. The van der Waals surface area contributed by atoms with Crippen molar-refractivity contribution in [2.45, 2.75) is 25.4 Å². The van der Waals surface area contributed by atoms with Gasteiger partial charge in [-0.3, -0.25) is 9.78 Å². The van der Waals surface area contributed by atoms with Crippen LogP contribution in [0.4, 0.5) is 5.82 Å². The number of pyridine rings is 1. The highest BCUT2D eigenvalue weighted by atomic mass is 35.5. The predicted octanol–water partition coefficient (Wildman–Crippen LogP) is 4.27. The molecule has 2 aromatic heterocycles. The van der Waals surface area contributed by atoms with E-state index < -0.39 is 5.60 Å². The van der Waals surface area contributed by atoms with Gasteiger partial charge >= 0.3 is 0 Å². The number of aliphatic hydroxyl groups is 1. The molecule has 4 heterocycles. The first kappa shape index (κ1) is 26.4. The molecule has 0 aliphatic carbocycles. The Morgan fingerprint density at radius 3 is 2.24 bits per heavy atom. The number of piperidine rings is 1.